The van der Waals surface area contributed by atoms with E-state index < -0.39 is 27.2 Å². The number of carbonyl (C=O) groups excluding carboxylic acids is 2. The molecule has 0 rings (SSSR count). The Morgan fingerprint density at radius 2 is 1.48 bits per heavy atom. The van der Waals surface area contributed by atoms with Crippen LogP contribution in [0.1, 0.15) is 40.5 Å². The first-order valence-corrected chi connectivity index (χ1v) is 9.20. The van der Waals surface area contributed by atoms with Crippen LogP contribution in [0.2, 0.25) is 0 Å². The molecule has 0 saturated heterocycles. The second-order valence-corrected chi connectivity index (χ2v) is 7.56. The van der Waals surface area contributed by atoms with Crippen LogP contribution in [0, 0.1) is 11.3 Å². The fourth-order valence-electron chi connectivity index (χ4n) is 2.18. The Bertz CT molecular complexity index is 434. The summed E-state index contributed by atoms with van der Waals surface area (Å²) in [6.07, 6.45) is 1.42. The third kappa shape index (κ3) is 5.65. The van der Waals surface area contributed by atoms with Crippen LogP contribution < -0.4 is 0 Å². The average molecular weight is 322 g/mol. The molecule has 21 heavy (non-hydrogen) atoms. The molecule has 0 amide bonds. The SMILES string of the molecule is CCOC(=O)C(CCCS(C)(=O)=O)(C(=O)OCC)C(C)C. The molecule has 0 bridgehead atoms. The summed E-state index contributed by atoms with van der Waals surface area (Å²) in [6.45, 7) is 7.08. The van der Waals surface area contributed by atoms with E-state index in [0.29, 0.717) is 0 Å². The van der Waals surface area contributed by atoms with Gasteiger partial charge in [0.25, 0.3) is 0 Å². The van der Waals surface area contributed by atoms with Crippen molar-refractivity contribution < 1.29 is 27.5 Å². The van der Waals surface area contributed by atoms with Gasteiger partial charge in [0.2, 0.25) is 0 Å². The van der Waals surface area contributed by atoms with Gasteiger partial charge in [0, 0.05) is 12.0 Å². The standard InChI is InChI=1S/C14H26O6S/c1-6-19-12(15)14(11(3)4,13(16)20-7-2)9-8-10-21(5,17)18/h11H,6-10H2,1-5H3. The number of ether oxygens (including phenoxy) is 2. The maximum atomic E-state index is 12.3. The molecular weight excluding hydrogens is 296 g/mol. The molecule has 0 spiro atoms. The summed E-state index contributed by atoms with van der Waals surface area (Å²) in [6, 6.07) is 0. The summed E-state index contributed by atoms with van der Waals surface area (Å²) in [5.74, 6) is -1.73. The molecule has 0 aliphatic carbocycles. The molecule has 0 N–H and O–H groups in total. The average Bonchev–Trinajstić information content (AvgIpc) is 2.33. The van der Waals surface area contributed by atoms with E-state index in [2.05, 4.69) is 0 Å². The normalized spacial score (nSPS) is 12.3. The van der Waals surface area contributed by atoms with Crippen LogP contribution in [-0.4, -0.2) is 45.6 Å². The Kier molecular flexibility index (Phi) is 7.92. The van der Waals surface area contributed by atoms with Crippen LogP contribution in [-0.2, 0) is 28.9 Å². The van der Waals surface area contributed by atoms with E-state index in [0.717, 1.165) is 6.26 Å². The van der Waals surface area contributed by atoms with Crippen molar-refractivity contribution in [3.63, 3.8) is 0 Å². The molecule has 0 aromatic heterocycles. The maximum absolute atomic E-state index is 12.3. The number of hydrogen-bond donors (Lipinski definition) is 0. The summed E-state index contributed by atoms with van der Waals surface area (Å²) >= 11 is 0. The minimum absolute atomic E-state index is 0.0831. The topological polar surface area (TPSA) is 86.7 Å². The van der Waals surface area contributed by atoms with E-state index in [1.54, 1.807) is 27.7 Å². The minimum atomic E-state index is -3.15. The van der Waals surface area contributed by atoms with Gasteiger partial charge in [-0.15, -0.1) is 0 Å². The Morgan fingerprint density at radius 1 is 1.05 bits per heavy atom. The predicted octanol–water partition coefficient (Wildman–Crippen LogP) is 1.58. The van der Waals surface area contributed by atoms with Crippen molar-refractivity contribution in [2.24, 2.45) is 11.3 Å². The Hall–Kier alpha value is -1.11. The van der Waals surface area contributed by atoms with Crippen LogP contribution in [0.4, 0.5) is 0 Å². The van der Waals surface area contributed by atoms with Crippen LogP contribution >= 0.6 is 0 Å². The number of carbonyl (C=O) groups is 2. The summed E-state index contributed by atoms with van der Waals surface area (Å²) in [7, 11) is -3.15. The minimum Gasteiger partial charge on any atom is -0.465 e. The molecule has 0 saturated carbocycles. The fourth-order valence-corrected chi connectivity index (χ4v) is 2.85. The van der Waals surface area contributed by atoms with Crippen LogP contribution in [0.5, 0.6) is 0 Å². The van der Waals surface area contributed by atoms with E-state index in [1.165, 1.54) is 0 Å². The van der Waals surface area contributed by atoms with Gasteiger partial charge in [0.05, 0.1) is 13.2 Å². The van der Waals surface area contributed by atoms with E-state index in [-0.39, 0.29) is 37.7 Å². The van der Waals surface area contributed by atoms with Crippen molar-refractivity contribution in [2.45, 2.75) is 40.5 Å². The lowest BCUT2D eigenvalue weighted by molar-refractivity contribution is -0.176. The van der Waals surface area contributed by atoms with Gasteiger partial charge in [-0.2, -0.15) is 0 Å². The first-order chi connectivity index (χ1) is 9.61. The second kappa shape index (κ2) is 8.36. The molecule has 7 heteroatoms. The number of rotatable bonds is 9. The van der Waals surface area contributed by atoms with E-state index in [4.69, 9.17) is 9.47 Å². The zero-order chi connectivity index (χ0) is 16.7. The van der Waals surface area contributed by atoms with Crippen molar-refractivity contribution in [3.05, 3.63) is 0 Å². The van der Waals surface area contributed by atoms with Crippen LogP contribution in [0.25, 0.3) is 0 Å². The zero-order valence-electron chi connectivity index (χ0n) is 13.5. The number of esters is 2. The molecule has 0 fully saturated rings. The predicted molar refractivity (Wildman–Crippen MR) is 79.5 cm³/mol. The van der Waals surface area contributed by atoms with Crippen LogP contribution in [0.3, 0.4) is 0 Å². The molecule has 0 aromatic rings. The van der Waals surface area contributed by atoms with Crippen molar-refractivity contribution in [3.8, 4) is 0 Å². The molecule has 0 aromatic carbocycles. The molecular formula is C14H26O6S. The monoisotopic (exact) mass is 322 g/mol. The van der Waals surface area contributed by atoms with Crippen LogP contribution in [0.15, 0.2) is 0 Å². The Balaban J connectivity index is 5.37. The summed E-state index contributed by atoms with van der Waals surface area (Å²) < 4.78 is 32.6. The molecule has 124 valence electrons. The Labute approximate surface area is 127 Å². The first-order valence-electron chi connectivity index (χ1n) is 7.14. The van der Waals surface area contributed by atoms with Gasteiger partial charge >= 0.3 is 11.9 Å². The summed E-state index contributed by atoms with van der Waals surface area (Å²) in [5.41, 5.74) is -1.45. The lowest BCUT2D eigenvalue weighted by Crippen LogP contribution is -2.46. The molecule has 0 unspecified atom stereocenters. The molecule has 0 atom stereocenters. The van der Waals surface area contributed by atoms with Gasteiger partial charge in [0.15, 0.2) is 5.41 Å². The quantitative estimate of drug-likeness (QED) is 0.473. The lowest BCUT2D eigenvalue weighted by atomic mass is 9.73. The van der Waals surface area contributed by atoms with Crippen molar-refractivity contribution >= 4 is 21.8 Å². The number of sulfone groups is 1. The van der Waals surface area contributed by atoms with Gasteiger partial charge in [-0.1, -0.05) is 13.8 Å². The highest BCUT2D eigenvalue weighted by atomic mass is 32.2. The van der Waals surface area contributed by atoms with E-state index >= 15 is 0 Å². The van der Waals surface area contributed by atoms with Gasteiger partial charge < -0.3 is 9.47 Å². The summed E-state index contributed by atoms with van der Waals surface area (Å²) in [5, 5.41) is 0. The third-order valence-corrected chi connectivity index (χ3v) is 4.38. The van der Waals surface area contributed by atoms with Crippen molar-refractivity contribution in [1.29, 1.82) is 0 Å². The van der Waals surface area contributed by atoms with Gasteiger partial charge in [-0.05, 0) is 32.6 Å². The zero-order valence-corrected chi connectivity index (χ0v) is 14.3. The smallest absolute Gasteiger partial charge is 0.323 e. The maximum Gasteiger partial charge on any atom is 0.323 e. The third-order valence-electron chi connectivity index (χ3n) is 3.35. The Morgan fingerprint density at radius 3 is 1.76 bits per heavy atom. The highest BCUT2D eigenvalue weighted by Gasteiger charge is 2.51. The summed E-state index contributed by atoms with van der Waals surface area (Å²) in [4.78, 5) is 24.6. The van der Waals surface area contributed by atoms with Crippen molar-refractivity contribution in [1.82, 2.24) is 0 Å². The second-order valence-electron chi connectivity index (χ2n) is 5.30. The van der Waals surface area contributed by atoms with E-state index in [1.807, 2.05) is 0 Å². The van der Waals surface area contributed by atoms with Crippen molar-refractivity contribution in [2.75, 3.05) is 25.2 Å². The molecule has 0 aliphatic heterocycles. The molecule has 0 radical (unpaired) electrons. The first kappa shape index (κ1) is 19.9. The van der Waals surface area contributed by atoms with E-state index in [9.17, 15) is 18.0 Å². The molecule has 6 nitrogen and oxygen atoms in total. The van der Waals surface area contributed by atoms with Gasteiger partial charge in [-0.25, -0.2) is 8.42 Å². The lowest BCUT2D eigenvalue weighted by Gasteiger charge is -2.32. The fraction of sp³-hybridized carbons (Fsp3) is 0.857. The van der Waals surface area contributed by atoms with Gasteiger partial charge in [-0.3, -0.25) is 9.59 Å². The highest BCUT2D eigenvalue weighted by Crippen LogP contribution is 2.36. The number of hydrogen-bond acceptors (Lipinski definition) is 6. The largest absolute Gasteiger partial charge is 0.465 e. The molecule has 0 heterocycles. The molecule has 0 aliphatic rings. The van der Waals surface area contributed by atoms with Gasteiger partial charge in [0.1, 0.15) is 9.84 Å². The highest BCUT2D eigenvalue weighted by molar-refractivity contribution is 7.90.